The molecule has 1 unspecified atom stereocenters. The maximum Gasteiger partial charge on any atom is 0.0710 e. The van der Waals surface area contributed by atoms with Crippen molar-refractivity contribution in [2.24, 2.45) is 0 Å². The van der Waals surface area contributed by atoms with Crippen LogP contribution >= 0.6 is 0 Å². The van der Waals surface area contributed by atoms with E-state index in [4.69, 9.17) is 5.41 Å². The fourth-order valence-corrected chi connectivity index (χ4v) is 8.23. The molecule has 1 aliphatic carbocycles. The Morgan fingerprint density at radius 3 is 1.78 bits per heavy atom. The van der Waals surface area contributed by atoms with Crippen LogP contribution in [0.5, 0.6) is 0 Å². The van der Waals surface area contributed by atoms with Crippen molar-refractivity contribution in [3.8, 4) is 33.4 Å². The molecule has 1 aliphatic rings. The van der Waals surface area contributed by atoms with Crippen LogP contribution in [0, 0.1) is 5.41 Å². The van der Waals surface area contributed by atoms with E-state index in [2.05, 4.69) is 185 Å². The topological polar surface area (TPSA) is 45.7 Å². The van der Waals surface area contributed by atoms with Crippen molar-refractivity contribution in [2.75, 3.05) is 5.43 Å². The molecule has 4 heteroatoms. The van der Waals surface area contributed by atoms with Gasteiger partial charge in [0.25, 0.3) is 0 Å². The molecule has 55 heavy (non-hydrogen) atoms. The van der Waals surface area contributed by atoms with Crippen molar-refractivity contribution in [1.29, 1.82) is 5.41 Å². The van der Waals surface area contributed by atoms with Gasteiger partial charge in [-0.25, -0.2) is 0 Å². The van der Waals surface area contributed by atoms with E-state index < -0.39 is 0 Å². The van der Waals surface area contributed by atoms with E-state index in [9.17, 15) is 0 Å². The second kappa shape index (κ2) is 13.7. The monoisotopic (exact) mass is 706 g/mol. The highest BCUT2D eigenvalue weighted by molar-refractivity contribution is 6.12. The van der Waals surface area contributed by atoms with Crippen molar-refractivity contribution < 1.29 is 0 Å². The van der Waals surface area contributed by atoms with Gasteiger partial charge in [-0.05, 0) is 93.9 Å². The van der Waals surface area contributed by atoms with Gasteiger partial charge in [0.2, 0.25) is 0 Å². The van der Waals surface area contributed by atoms with Crippen LogP contribution in [0.1, 0.15) is 18.0 Å². The molecule has 0 fully saturated rings. The number of benzene rings is 7. The van der Waals surface area contributed by atoms with Gasteiger partial charge in [-0.15, -0.1) is 0 Å². The molecule has 0 radical (unpaired) electrons. The van der Waals surface area contributed by atoms with Gasteiger partial charge in [0.05, 0.1) is 22.8 Å². The zero-order valence-electron chi connectivity index (χ0n) is 30.2. The molecule has 1 atom stereocenters. The largest absolute Gasteiger partial charge is 0.333 e. The summed E-state index contributed by atoms with van der Waals surface area (Å²) in [6.45, 7) is 0. The number of aromatic nitrogens is 2. The van der Waals surface area contributed by atoms with Gasteiger partial charge in [0, 0.05) is 38.8 Å². The third-order valence-corrected chi connectivity index (χ3v) is 11.0. The fourth-order valence-electron chi connectivity index (χ4n) is 8.23. The Bertz CT molecular complexity index is 2990. The lowest BCUT2D eigenvalue weighted by Gasteiger charge is -2.18. The van der Waals surface area contributed by atoms with Gasteiger partial charge in [0.1, 0.15) is 0 Å². The summed E-state index contributed by atoms with van der Waals surface area (Å²) < 4.78 is 4.61. The number of hydrogen-bond donors (Lipinski definition) is 2. The van der Waals surface area contributed by atoms with Gasteiger partial charge in [-0.3, -0.25) is 4.68 Å². The van der Waals surface area contributed by atoms with E-state index in [1.54, 1.807) is 0 Å². The molecule has 262 valence electrons. The molecule has 9 aromatic rings. The maximum atomic E-state index is 8.85. The number of nitrogens with one attached hydrogen (secondary N) is 2. The second-order valence-corrected chi connectivity index (χ2v) is 14.2. The molecule has 0 saturated heterocycles. The standard InChI is InChI=1S/C51H38N4/c52-47(37-24-22-36(23-25-37)39-15-11-14-38(32-39)35-12-3-1-4-13-35)30-31-53-55-50-21-10-8-19-44(50)46-34-41(27-29-51(46)55)40-26-28-49-45(33-40)43-18-7-9-20-48(43)54(49)42-16-5-2-6-17-42/h1-16,18-34,42,52-53H,17H2/b31-30-,52-47?. The lowest BCUT2D eigenvalue weighted by molar-refractivity contribution is 0.648. The molecule has 2 N–H and O–H groups in total. The zero-order chi connectivity index (χ0) is 36.7. The molecule has 0 aliphatic heterocycles. The van der Waals surface area contributed by atoms with Crippen molar-refractivity contribution in [1.82, 2.24) is 9.24 Å². The Kier molecular flexibility index (Phi) is 8.07. The molecule has 0 bridgehead atoms. The van der Waals surface area contributed by atoms with Gasteiger partial charge in [-0.1, -0.05) is 146 Å². The first kappa shape index (κ1) is 32.5. The fraction of sp³-hybridized carbons (Fsp3) is 0.0392. The zero-order valence-corrected chi connectivity index (χ0v) is 30.2. The first-order valence-corrected chi connectivity index (χ1v) is 18.9. The molecule has 2 aromatic heterocycles. The minimum Gasteiger partial charge on any atom is -0.333 e. The number of rotatable bonds is 8. The Morgan fingerprint density at radius 1 is 0.509 bits per heavy atom. The summed E-state index contributed by atoms with van der Waals surface area (Å²) in [6, 6.07) is 58.5. The van der Waals surface area contributed by atoms with Gasteiger partial charge in [0.15, 0.2) is 0 Å². The number of allylic oxidation sites excluding steroid dienone is 5. The number of fused-ring (bicyclic) bond motifs is 6. The van der Waals surface area contributed by atoms with Crippen LogP contribution in [-0.2, 0) is 0 Å². The molecular weight excluding hydrogens is 669 g/mol. The summed E-state index contributed by atoms with van der Waals surface area (Å²) in [7, 11) is 0. The van der Waals surface area contributed by atoms with Crippen LogP contribution in [-0.4, -0.2) is 15.0 Å². The highest BCUT2D eigenvalue weighted by Gasteiger charge is 2.18. The molecule has 7 aromatic carbocycles. The van der Waals surface area contributed by atoms with Crippen molar-refractivity contribution in [3.63, 3.8) is 0 Å². The van der Waals surface area contributed by atoms with Crippen LogP contribution in [0.3, 0.4) is 0 Å². The first-order chi connectivity index (χ1) is 27.2. The number of para-hydroxylation sites is 2. The third kappa shape index (κ3) is 5.85. The summed E-state index contributed by atoms with van der Waals surface area (Å²) in [5, 5.41) is 13.8. The maximum absolute atomic E-state index is 8.85. The van der Waals surface area contributed by atoms with E-state index in [0.717, 1.165) is 34.1 Å². The van der Waals surface area contributed by atoms with E-state index in [-0.39, 0.29) is 0 Å². The molecule has 0 amide bonds. The lowest BCUT2D eigenvalue weighted by Crippen LogP contribution is -2.08. The molecule has 0 saturated carbocycles. The van der Waals surface area contributed by atoms with Gasteiger partial charge >= 0.3 is 0 Å². The molecular formula is C51H38N4. The molecule has 4 nitrogen and oxygen atoms in total. The average Bonchev–Trinajstić information content (AvgIpc) is 3.76. The van der Waals surface area contributed by atoms with Crippen LogP contribution in [0.15, 0.2) is 200 Å². The second-order valence-electron chi connectivity index (χ2n) is 14.2. The van der Waals surface area contributed by atoms with Crippen molar-refractivity contribution in [3.05, 3.63) is 206 Å². The van der Waals surface area contributed by atoms with E-state index in [1.165, 1.54) is 54.8 Å². The van der Waals surface area contributed by atoms with E-state index in [0.29, 0.717) is 11.8 Å². The highest BCUT2D eigenvalue weighted by Crippen LogP contribution is 2.38. The third-order valence-electron chi connectivity index (χ3n) is 11.0. The minimum absolute atomic E-state index is 0.306. The van der Waals surface area contributed by atoms with Crippen molar-refractivity contribution in [2.45, 2.75) is 12.5 Å². The SMILES string of the molecule is N=C(/C=C\Nn1c2ccccc2c2cc(-c3ccc4c(c3)c3ccccc3n4C3C=CC=CC3)ccc21)c1ccc(-c2cccc(-c3ccccc3)c2)cc1. The van der Waals surface area contributed by atoms with Gasteiger partial charge in [-0.2, -0.15) is 0 Å². The van der Waals surface area contributed by atoms with Crippen LogP contribution in [0.4, 0.5) is 0 Å². The predicted molar refractivity (Wildman–Crippen MR) is 232 cm³/mol. The smallest absolute Gasteiger partial charge is 0.0710 e. The average molecular weight is 707 g/mol. The Labute approximate surface area is 320 Å². The summed E-state index contributed by atoms with van der Waals surface area (Å²) in [5.41, 5.74) is 16.5. The van der Waals surface area contributed by atoms with Crippen LogP contribution in [0.2, 0.25) is 0 Å². The summed E-state index contributed by atoms with van der Waals surface area (Å²) in [4.78, 5) is 0. The lowest BCUT2D eigenvalue weighted by atomic mass is 9.98. The Balaban J connectivity index is 0.927. The van der Waals surface area contributed by atoms with Crippen LogP contribution in [0.25, 0.3) is 77.0 Å². The summed E-state index contributed by atoms with van der Waals surface area (Å²) in [5.74, 6) is 0. The molecule has 2 heterocycles. The summed E-state index contributed by atoms with van der Waals surface area (Å²) >= 11 is 0. The first-order valence-electron chi connectivity index (χ1n) is 18.9. The minimum atomic E-state index is 0.306. The summed E-state index contributed by atoms with van der Waals surface area (Å²) in [6.07, 6.45) is 13.5. The quantitative estimate of drug-likeness (QED) is 0.152. The van der Waals surface area contributed by atoms with E-state index in [1.807, 2.05) is 30.5 Å². The van der Waals surface area contributed by atoms with Crippen molar-refractivity contribution >= 4 is 49.3 Å². The normalized spacial score (nSPS) is 14.1. The van der Waals surface area contributed by atoms with Crippen LogP contribution < -0.4 is 5.43 Å². The van der Waals surface area contributed by atoms with Gasteiger partial charge < -0.3 is 15.4 Å². The highest BCUT2D eigenvalue weighted by atomic mass is 15.4. The van der Waals surface area contributed by atoms with E-state index >= 15 is 0 Å². The predicted octanol–water partition coefficient (Wildman–Crippen LogP) is 13.1. The Hall–Kier alpha value is -7.17. The number of nitrogens with zero attached hydrogens (tertiary/aromatic N) is 2. The number of hydrogen-bond acceptors (Lipinski definition) is 2. The molecule has 10 rings (SSSR count). The Morgan fingerprint density at radius 2 is 1.05 bits per heavy atom. The molecule has 0 spiro atoms.